The van der Waals surface area contributed by atoms with Crippen LogP contribution >= 0.6 is 0 Å². The Morgan fingerprint density at radius 3 is 2.10 bits per heavy atom. The summed E-state index contributed by atoms with van der Waals surface area (Å²) in [6.07, 6.45) is -10.1. The Balaban J connectivity index is 0.913. The molecule has 0 aromatic carbocycles. The second-order valence-corrected chi connectivity index (χ2v) is 21.1. The molecule has 16 nitrogen and oxygen atoms in total. The second kappa shape index (κ2) is 16.7. The monoisotopic (exact) mass is 856 g/mol. The van der Waals surface area contributed by atoms with Crippen molar-refractivity contribution >= 4 is 0 Å². The van der Waals surface area contributed by atoms with E-state index in [2.05, 4.69) is 27.7 Å². The fourth-order valence-electron chi connectivity index (χ4n) is 14.3. The van der Waals surface area contributed by atoms with Gasteiger partial charge in [-0.1, -0.05) is 27.7 Å². The molecule has 5 heterocycles. The van der Waals surface area contributed by atoms with Gasteiger partial charge in [-0.15, -0.1) is 0 Å². The molecule has 26 atom stereocenters. The third-order valence-corrected chi connectivity index (χ3v) is 17.9. The van der Waals surface area contributed by atoms with Crippen LogP contribution in [0.4, 0.5) is 0 Å². The van der Waals surface area contributed by atoms with Gasteiger partial charge in [0.25, 0.3) is 0 Å². The zero-order valence-electron chi connectivity index (χ0n) is 35.8. The molecule has 4 aliphatic carbocycles. The van der Waals surface area contributed by atoms with E-state index >= 15 is 0 Å². The third-order valence-electron chi connectivity index (χ3n) is 17.9. The van der Waals surface area contributed by atoms with Crippen LogP contribution in [-0.2, 0) is 37.9 Å². The van der Waals surface area contributed by atoms with Gasteiger partial charge in [0.1, 0.15) is 61.0 Å². The van der Waals surface area contributed by atoms with Gasteiger partial charge in [0, 0.05) is 12.3 Å². The van der Waals surface area contributed by atoms with E-state index in [9.17, 15) is 40.9 Å². The molecule has 4 saturated carbocycles. The summed E-state index contributed by atoms with van der Waals surface area (Å²) in [5, 5.41) is 85.2. The van der Waals surface area contributed by atoms with Crippen molar-refractivity contribution in [3.63, 3.8) is 0 Å². The molecule has 0 bridgehead atoms. The molecule has 0 aromatic rings. The Hall–Kier alpha value is -0.640. The quantitative estimate of drug-likeness (QED) is 0.166. The van der Waals surface area contributed by atoms with E-state index in [-0.39, 0.29) is 29.6 Å². The number of aliphatic hydroxyl groups excluding tert-OH is 8. The molecule has 0 unspecified atom stereocenters. The van der Waals surface area contributed by atoms with Crippen LogP contribution in [0.3, 0.4) is 0 Å². The van der Waals surface area contributed by atoms with Crippen LogP contribution in [0, 0.1) is 52.3 Å². The summed E-state index contributed by atoms with van der Waals surface area (Å²) < 4.78 is 50.3. The number of hydrogen-bond acceptors (Lipinski definition) is 16. The molecule has 8 N–H and O–H groups in total. The van der Waals surface area contributed by atoms with Crippen molar-refractivity contribution in [2.24, 2.45) is 52.3 Å². The lowest BCUT2D eigenvalue weighted by molar-refractivity contribution is -0.391. The van der Waals surface area contributed by atoms with Crippen molar-refractivity contribution in [3.8, 4) is 0 Å². The minimum atomic E-state index is -1.71. The summed E-state index contributed by atoms with van der Waals surface area (Å²) in [6, 6.07) is 0. The van der Waals surface area contributed by atoms with Crippen molar-refractivity contribution in [1.29, 1.82) is 0 Å². The number of aliphatic hydroxyl groups is 8. The highest BCUT2D eigenvalue weighted by Gasteiger charge is 2.69. The van der Waals surface area contributed by atoms with E-state index < -0.39 is 98.4 Å². The average Bonchev–Trinajstić information content (AvgIpc) is 3.68. The highest BCUT2D eigenvalue weighted by molar-refractivity contribution is 5.15. The van der Waals surface area contributed by atoms with Crippen molar-refractivity contribution in [1.82, 2.24) is 0 Å². The Morgan fingerprint density at radius 1 is 0.633 bits per heavy atom. The molecular weight excluding hydrogens is 784 g/mol. The van der Waals surface area contributed by atoms with Gasteiger partial charge in [-0.25, -0.2) is 0 Å². The maximum absolute atomic E-state index is 11.5. The predicted octanol–water partition coefficient (Wildman–Crippen LogP) is 0.933. The first-order valence-electron chi connectivity index (χ1n) is 23.1. The first kappa shape index (κ1) is 44.6. The fourth-order valence-corrected chi connectivity index (χ4v) is 14.3. The third kappa shape index (κ3) is 7.27. The van der Waals surface area contributed by atoms with Crippen LogP contribution in [0.2, 0.25) is 0 Å². The lowest BCUT2D eigenvalue weighted by atomic mass is 9.44. The van der Waals surface area contributed by atoms with Gasteiger partial charge >= 0.3 is 0 Å². The zero-order valence-corrected chi connectivity index (χ0v) is 35.8. The number of hydrogen-bond donors (Lipinski definition) is 8. The van der Waals surface area contributed by atoms with Crippen LogP contribution in [0.5, 0.6) is 0 Å². The zero-order chi connectivity index (χ0) is 42.6. The van der Waals surface area contributed by atoms with Gasteiger partial charge in [0.2, 0.25) is 0 Å². The molecule has 0 amide bonds. The fraction of sp³-hybridized carbons (Fsp3) is 1.00. The van der Waals surface area contributed by atoms with Crippen LogP contribution in [0.1, 0.15) is 98.8 Å². The van der Waals surface area contributed by atoms with E-state index in [1.54, 1.807) is 0 Å². The highest BCUT2D eigenvalue weighted by Crippen LogP contribution is 2.71. The molecule has 60 heavy (non-hydrogen) atoms. The van der Waals surface area contributed by atoms with E-state index in [1.807, 2.05) is 0 Å². The number of rotatable bonds is 7. The standard InChI is InChI=1S/C44H72O16/c1-19-8-13-44(54-17-19)20(2)30-28(60-44)15-26-24-7-6-22-14-23(9-11-42(22,4)25(24)10-12-43(26,30)5)56-41-38(59-40-36(52)34(50)31(47)21(3)55-40)37(33(49)29(16-45)57-41)58-39-35(51)32(48)27(46)18-53-39/h19-41,45-52H,6-18H2,1-5H3/t19-,20+,21+,22+,23+,24-,25+,26+,27-,28+,29-,30+,31+,32-,33+,34-,35-,36-,37+,38-,39+,40+,41-,42+,43+,44-/m1/s1. The van der Waals surface area contributed by atoms with E-state index in [4.69, 9.17) is 37.9 Å². The molecule has 16 heteroatoms. The van der Waals surface area contributed by atoms with Crippen molar-refractivity contribution in [3.05, 3.63) is 0 Å². The predicted molar refractivity (Wildman–Crippen MR) is 208 cm³/mol. The molecule has 0 radical (unpaired) electrons. The molecular formula is C44H72O16. The highest BCUT2D eigenvalue weighted by atomic mass is 16.8. The lowest BCUT2D eigenvalue weighted by Gasteiger charge is -2.61. The van der Waals surface area contributed by atoms with E-state index in [0.29, 0.717) is 41.4 Å². The maximum Gasteiger partial charge on any atom is 0.187 e. The summed E-state index contributed by atoms with van der Waals surface area (Å²) in [7, 11) is 0. The number of ether oxygens (including phenoxy) is 8. The number of fused-ring (bicyclic) bond motifs is 7. The normalized spacial score (nSPS) is 59.2. The van der Waals surface area contributed by atoms with Gasteiger partial charge in [-0.05, 0) is 111 Å². The minimum Gasteiger partial charge on any atom is -0.394 e. The van der Waals surface area contributed by atoms with E-state index in [1.165, 1.54) is 19.8 Å². The van der Waals surface area contributed by atoms with Crippen LogP contribution < -0.4 is 0 Å². The van der Waals surface area contributed by atoms with Crippen LogP contribution in [0.25, 0.3) is 0 Å². The molecule has 0 aromatic heterocycles. The van der Waals surface area contributed by atoms with Crippen molar-refractivity contribution in [2.75, 3.05) is 19.8 Å². The summed E-state index contributed by atoms with van der Waals surface area (Å²) in [4.78, 5) is 0. The Kier molecular flexibility index (Phi) is 12.4. The summed E-state index contributed by atoms with van der Waals surface area (Å²) >= 11 is 0. The topological polar surface area (TPSA) is 236 Å². The van der Waals surface area contributed by atoms with Gasteiger partial charge in [-0.3, -0.25) is 0 Å². The largest absolute Gasteiger partial charge is 0.394 e. The first-order valence-corrected chi connectivity index (χ1v) is 23.1. The average molecular weight is 857 g/mol. The summed E-state index contributed by atoms with van der Waals surface area (Å²) in [5.41, 5.74) is 0.340. The van der Waals surface area contributed by atoms with Crippen molar-refractivity contribution in [2.45, 2.75) is 203 Å². The van der Waals surface area contributed by atoms with E-state index in [0.717, 1.165) is 58.0 Å². The minimum absolute atomic E-state index is 0.115. The molecule has 9 rings (SSSR count). The lowest BCUT2D eigenvalue weighted by Crippen LogP contribution is -2.66. The Morgan fingerprint density at radius 2 is 1.37 bits per heavy atom. The maximum atomic E-state index is 11.5. The second-order valence-electron chi connectivity index (χ2n) is 21.1. The first-order chi connectivity index (χ1) is 28.5. The van der Waals surface area contributed by atoms with Gasteiger partial charge in [0.05, 0.1) is 38.1 Å². The molecule has 344 valence electrons. The molecule has 1 spiro atoms. The molecule has 9 fully saturated rings. The van der Waals surface area contributed by atoms with Crippen LogP contribution in [-0.4, -0.2) is 165 Å². The van der Waals surface area contributed by atoms with Crippen LogP contribution in [0.15, 0.2) is 0 Å². The molecule has 9 aliphatic rings. The van der Waals surface area contributed by atoms with Crippen molar-refractivity contribution < 1.29 is 78.7 Å². The summed E-state index contributed by atoms with van der Waals surface area (Å²) in [5.74, 6) is 3.25. The van der Waals surface area contributed by atoms with Gasteiger partial charge < -0.3 is 78.7 Å². The summed E-state index contributed by atoms with van der Waals surface area (Å²) in [6.45, 7) is 11.0. The smallest absolute Gasteiger partial charge is 0.187 e. The van der Waals surface area contributed by atoms with Gasteiger partial charge in [0.15, 0.2) is 24.7 Å². The SMILES string of the molecule is C[C@@H]1CC[C@@]2(OC1)O[C@H]1C[C@H]3[C@@H]4CC[C@H]5C[C@@H](O[C@@H]6O[C@H](CO)[C@H](O)[C@H](O[C@@H]7OC[C@@H](O)[C@@H](O)[C@H]7O)[C@H]6O[C@@H]6O[C@@H](C)[C@H](O)[C@@H](O)[C@H]6O)CC[C@]5(C)[C@H]4CC[C@]3(C)[C@H]1[C@@H]2C. The Bertz CT molecular complexity index is 1500. The molecule has 5 saturated heterocycles. The molecule has 5 aliphatic heterocycles. The Labute approximate surface area is 353 Å². The van der Waals surface area contributed by atoms with Gasteiger partial charge in [-0.2, -0.15) is 0 Å².